The van der Waals surface area contributed by atoms with Crippen molar-refractivity contribution in [3.8, 4) is 0 Å². The molecule has 0 atom stereocenters. The highest BCUT2D eigenvalue weighted by Crippen LogP contribution is 2.26. The van der Waals surface area contributed by atoms with Crippen molar-refractivity contribution >= 4 is 38.7 Å². The molecule has 1 aromatic heterocycles. The van der Waals surface area contributed by atoms with Gasteiger partial charge < -0.3 is 5.11 Å². The number of halogens is 2. The lowest BCUT2D eigenvalue weighted by Crippen LogP contribution is -2.11. The molecule has 9 heteroatoms. The minimum Gasteiger partial charge on any atom is -0.478 e. The maximum Gasteiger partial charge on any atom is 0.338 e. The van der Waals surface area contributed by atoms with E-state index in [1.807, 2.05) is 0 Å². The SMILES string of the molecule is O=C(O)c1cc(Cl)cc(S(=O)(=O)Cc2nccs2)c1F. The number of carbonyl (C=O) groups is 1. The number of hydrogen-bond donors (Lipinski definition) is 1. The standard InChI is InChI=1S/C11H7ClFNO4S2/c12-6-3-7(11(15)16)10(13)8(4-6)20(17,18)5-9-14-1-2-19-9/h1-4H,5H2,(H,15,16). The van der Waals surface area contributed by atoms with Crippen molar-refractivity contribution in [2.24, 2.45) is 0 Å². The zero-order valence-corrected chi connectivity index (χ0v) is 12.1. The second-order valence-corrected chi connectivity index (χ2v) is 7.13. The molecule has 0 amide bonds. The van der Waals surface area contributed by atoms with Gasteiger partial charge in [-0.05, 0) is 12.1 Å². The van der Waals surface area contributed by atoms with Crippen molar-refractivity contribution < 1.29 is 22.7 Å². The molecule has 1 heterocycles. The molecule has 0 aliphatic carbocycles. The number of sulfone groups is 1. The fraction of sp³-hybridized carbons (Fsp3) is 0.0909. The van der Waals surface area contributed by atoms with E-state index in [2.05, 4.69) is 4.98 Å². The Bertz CT molecular complexity index is 759. The van der Waals surface area contributed by atoms with Crippen LogP contribution in [0.4, 0.5) is 4.39 Å². The topological polar surface area (TPSA) is 84.3 Å². The van der Waals surface area contributed by atoms with Crippen LogP contribution in [0, 0.1) is 5.82 Å². The lowest BCUT2D eigenvalue weighted by atomic mass is 10.2. The number of nitrogens with zero attached hydrogens (tertiary/aromatic N) is 1. The maximum atomic E-state index is 14.0. The minimum atomic E-state index is -4.07. The van der Waals surface area contributed by atoms with Crippen molar-refractivity contribution in [1.82, 2.24) is 4.98 Å². The van der Waals surface area contributed by atoms with Crippen LogP contribution in [0.5, 0.6) is 0 Å². The van der Waals surface area contributed by atoms with Gasteiger partial charge >= 0.3 is 5.97 Å². The summed E-state index contributed by atoms with van der Waals surface area (Å²) in [4.78, 5) is 13.9. The molecular weight excluding hydrogens is 329 g/mol. The summed E-state index contributed by atoms with van der Waals surface area (Å²) in [6, 6.07) is 1.76. The summed E-state index contributed by atoms with van der Waals surface area (Å²) in [5, 5.41) is 10.5. The largest absolute Gasteiger partial charge is 0.478 e. The zero-order valence-electron chi connectivity index (χ0n) is 9.71. The molecule has 106 valence electrons. The predicted octanol–water partition coefficient (Wildman–Crippen LogP) is 2.61. The van der Waals surface area contributed by atoms with E-state index in [4.69, 9.17) is 16.7 Å². The van der Waals surface area contributed by atoms with Crippen LogP contribution in [0.15, 0.2) is 28.6 Å². The fourth-order valence-electron chi connectivity index (χ4n) is 1.51. The van der Waals surface area contributed by atoms with E-state index in [1.165, 1.54) is 6.20 Å². The van der Waals surface area contributed by atoms with Gasteiger partial charge in [0.15, 0.2) is 15.7 Å². The van der Waals surface area contributed by atoms with E-state index in [0.717, 1.165) is 23.5 Å². The minimum absolute atomic E-state index is 0.165. The first-order chi connectivity index (χ1) is 9.31. The molecule has 0 fully saturated rings. The second-order valence-electron chi connectivity index (χ2n) is 3.76. The van der Waals surface area contributed by atoms with E-state index < -0.39 is 37.8 Å². The molecule has 0 aliphatic heterocycles. The molecule has 0 saturated carbocycles. The summed E-state index contributed by atoms with van der Waals surface area (Å²) >= 11 is 6.75. The Morgan fingerprint density at radius 2 is 2.15 bits per heavy atom. The molecule has 0 unspecified atom stereocenters. The monoisotopic (exact) mass is 335 g/mol. The van der Waals surface area contributed by atoms with Crippen LogP contribution in [0.3, 0.4) is 0 Å². The quantitative estimate of drug-likeness (QED) is 0.928. The third kappa shape index (κ3) is 2.97. The fourth-order valence-corrected chi connectivity index (χ4v) is 4.18. The first kappa shape index (κ1) is 14.9. The predicted molar refractivity (Wildman–Crippen MR) is 71.4 cm³/mol. The van der Waals surface area contributed by atoms with Crippen LogP contribution in [0.1, 0.15) is 15.4 Å². The van der Waals surface area contributed by atoms with Gasteiger partial charge in [0.25, 0.3) is 0 Å². The van der Waals surface area contributed by atoms with E-state index >= 15 is 0 Å². The number of thiazole rings is 1. The number of carboxylic acids is 1. The van der Waals surface area contributed by atoms with Crippen LogP contribution < -0.4 is 0 Å². The van der Waals surface area contributed by atoms with Crippen molar-refractivity contribution in [1.29, 1.82) is 0 Å². The Labute approximate surface area is 122 Å². The van der Waals surface area contributed by atoms with Crippen molar-refractivity contribution in [3.05, 3.63) is 45.1 Å². The maximum absolute atomic E-state index is 14.0. The second kappa shape index (κ2) is 5.47. The normalized spacial score (nSPS) is 11.5. The van der Waals surface area contributed by atoms with Crippen LogP contribution in [-0.4, -0.2) is 24.5 Å². The lowest BCUT2D eigenvalue weighted by molar-refractivity contribution is 0.0691. The number of hydrogen-bond acceptors (Lipinski definition) is 5. The summed E-state index contributed by atoms with van der Waals surface area (Å²) in [5.74, 6) is -3.42. The summed E-state index contributed by atoms with van der Waals surface area (Å²) in [6.45, 7) is 0. The van der Waals surface area contributed by atoms with Gasteiger partial charge in [0.1, 0.15) is 15.7 Å². The van der Waals surface area contributed by atoms with Crippen LogP contribution in [0.25, 0.3) is 0 Å². The lowest BCUT2D eigenvalue weighted by Gasteiger charge is -2.07. The summed E-state index contributed by atoms with van der Waals surface area (Å²) in [5.41, 5.74) is -0.782. The number of aromatic nitrogens is 1. The van der Waals surface area contributed by atoms with E-state index in [1.54, 1.807) is 5.38 Å². The molecule has 0 bridgehead atoms. The molecule has 20 heavy (non-hydrogen) atoms. The highest BCUT2D eigenvalue weighted by molar-refractivity contribution is 7.90. The average Bonchev–Trinajstić information content (AvgIpc) is 2.83. The Morgan fingerprint density at radius 1 is 1.45 bits per heavy atom. The van der Waals surface area contributed by atoms with Gasteiger partial charge in [-0.25, -0.2) is 22.6 Å². The van der Waals surface area contributed by atoms with Gasteiger partial charge in [-0.3, -0.25) is 0 Å². The Morgan fingerprint density at radius 3 is 2.70 bits per heavy atom. The van der Waals surface area contributed by atoms with Gasteiger partial charge in [-0.1, -0.05) is 11.6 Å². The Balaban J connectivity index is 2.54. The molecule has 0 radical (unpaired) electrons. The van der Waals surface area contributed by atoms with Gasteiger partial charge in [-0.15, -0.1) is 11.3 Å². The average molecular weight is 336 g/mol. The Hall–Kier alpha value is -1.51. The molecule has 0 spiro atoms. The Kier molecular flexibility index (Phi) is 4.07. The summed E-state index contributed by atoms with van der Waals surface area (Å²) in [6.07, 6.45) is 1.42. The van der Waals surface area contributed by atoms with Crippen LogP contribution in [0.2, 0.25) is 5.02 Å². The highest BCUT2D eigenvalue weighted by Gasteiger charge is 2.26. The van der Waals surface area contributed by atoms with Crippen molar-refractivity contribution in [3.63, 3.8) is 0 Å². The van der Waals surface area contributed by atoms with Crippen molar-refractivity contribution in [2.75, 3.05) is 0 Å². The smallest absolute Gasteiger partial charge is 0.338 e. The van der Waals surface area contributed by atoms with E-state index in [0.29, 0.717) is 0 Å². The molecule has 2 aromatic rings. The first-order valence-corrected chi connectivity index (χ1v) is 8.05. The van der Waals surface area contributed by atoms with Gasteiger partial charge in [0, 0.05) is 16.6 Å². The number of benzene rings is 1. The van der Waals surface area contributed by atoms with E-state index in [-0.39, 0.29) is 10.0 Å². The van der Waals surface area contributed by atoms with Gasteiger partial charge in [-0.2, -0.15) is 0 Å². The number of rotatable bonds is 4. The number of aromatic carboxylic acids is 1. The molecule has 1 aromatic carbocycles. The van der Waals surface area contributed by atoms with Gasteiger partial charge in [0.2, 0.25) is 0 Å². The van der Waals surface area contributed by atoms with Crippen LogP contribution in [-0.2, 0) is 15.6 Å². The molecule has 5 nitrogen and oxygen atoms in total. The van der Waals surface area contributed by atoms with Gasteiger partial charge in [0.05, 0.1) is 5.56 Å². The summed E-state index contributed by atoms with van der Waals surface area (Å²) in [7, 11) is -4.07. The van der Waals surface area contributed by atoms with Crippen LogP contribution >= 0.6 is 22.9 Å². The molecule has 2 rings (SSSR count). The molecule has 0 aliphatic rings. The molecular formula is C11H7ClFNO4S2. The number of carboxylic acid groups (broad SMARTS) is 1. The summed E-state index contributed by atoms with van der Waals surface area (Å²) < 4.78 is 38.2. The molecule has 0 saturated heterocycles. The third-order valence-corrected chi connectivity index (χ3v) is 5.17. The van der Waals surface area contributed by atoms with E-state index in [9.17, 15) is 17.6 Å². The molecule has 1 N–H and O–H groups in total. The zero-order chi connectivity index (χ0) is 14.9. The first-order valence-electron chi connectivity index (χ1n) is 5.15. The highest BCUT2D eigenvalue weighted by atomic mass is 35.5. The third-order valence-electron chi connectivity index (χ3n) is 2.37. The van der Waals surface area contributed by atoms with Crippen molar-refractivity contribution in [2.45, 2.75) is 10.6 Å².